The lowest BCUT2D eigenvalue weighted by molar-refractivity contribution is 0.0248. The Kier molecular flexibility index (Phi) is 3.00. The maximum atomic E-state index is 11.8. The van der Waals surface area contributed by atoms with Gasteiger partial charge in [-0.3, -0.25) is 4.79 Å². The van der Waals surface area contributed by atoms with Gasteiger partial charge in [-0.2, -0.15) is 0 Å². The fourth-order valence-corrected chi connectivity index (χ4v) is 1.75. The average Bonchev–Trinajstić information content (AvgIpc) is 2.65. The molecule has 0 aromatic carbocycles. The van der Waals surface area contributed by atoms with Gasteiger partial charge in [-0.25, -0.2) is 0 Å². The van der Waals surface area contributed by atoms with Gasteiger partial charge in [-0.05, 0) is 22.0 Å². The molecular weight excluding hydrogens is 250 g/mol. The van der Waals surface area contributed by atoms with Crippen molar-refractivity contribution in [3.8, 4) is 0 Å². The number of hydrogen-bond acceptors (Lipinski definition) is 4. The summed E-state index contributed by atoms with van der Waals surface area (Å²) in [6.07, 6.45) is 1.05. The smallest absolute Gasteiger partial charge is 0.229 e. The van der Waals surface area contributed by atoms with Crippen LogP contribution in [0, 0.1) is 0 Å². The summed E-state index contributed by atoms with van der Waals surface area (Å²) in [4.78, 5) is 11.8. The highest BCUT2D eigenvalue weighted by atomic mass is 79.9. The van der Waals surface area contributed by atoms with Crippen LogP contribution in [0.3, 0.4) is 0 Å². The topological polar surface area (TPSA) is 51.5 Å². The Balaban J connectivity index is 2.11. The highest BCUT2D eigenvalue weighted by Gasteiger charge is 2.26. The minimum atomic E-state index is -0.425. The van der Waals surface area contributed by atoms with Crippen LogP contribution in [0.15, 0.2) is 21.2 Å². The number of halogens is 1. The monoisotopic (exact) mass is 259 g/mol. The van der Waals surface area contributed by atoms with Crippen LogP contribution < -0.4 is 5.32 Å². The predicted octanol–water partition coefficient (Wildman–Crippen LogP) is 1.21. The molecule has 1 saturated heterocycles. The molecule has 2 rings (SSSR count). The van der Waals surface area contributed by atoms with E-state index in [4.69, 9.17) is 9.15 Å². The fraction of sp³-hybridized carbons (Fsp3) is 0.444. The number of nitrogens with one attached hydrogen (secondary N) is 1. The molecule has 1 aliphatic rings. The van der Waals surface area contributed by atoms with Crippen LogP contribution in [0.1, 0.15) is 10.6 Å². The fourth-order valence-electron chi connectivity index (χ4n) is 1.35. The molecule has 1 aromatic heterocycles. The van der Waals surface area contributed by atoms with E-state index in [1.54, 1.807) is 6.07 Å². The van der Waals surface area contributed by atoms with E-state index < -0.39 is 6.10 Å². The Morgan fingerprint density at radius 2 is 2.50 bits per heavy atom. The van der Waals surface area contributed by atoms with Crippen molar-refractivity contribution in [1.29, 1.82) is 0 Å². The molecule has 76 valence electrons. The first-order chi connectivity index (χ1) is 6.79. The van der Waals surface area contributed by atoms with Crippen LogP contribution in [0.2, 0.25) is 0 Å². The van der Waals surface area contributed by atoms with E-state index in [-0.39, 0.29) is 5.78 Å². The second kappa shape index (κ2) is 4.25. The summed E-state index contributed by atoms with van der Waals surface area (Å²) < 4.78 is 11.1. The summed E-state index contributed by atoms with van der Waals surface area (Å²) >= 11 is 3.24. The van der Waals surface area contributed by atoms with E-state index >= 15 is 0 Å². The highest BCUT2D eigenvalue weighted by molar-refractivity contribution is 9.10. The maximum Gasteiger partial charge on any atom is 0.229 e. The van der Waals surface area contributed by atoms with Gasteiger partial charge < -0.3 is 14.5 Å². The molecule has 2 heterocycles. The zero-order valence-electron chi connectivity index (χ0n) is 7.46. The third-order valence-corrected chi connectivity index (χ3v) is 2.69. The molecule has 1 N–H and O–H groups in total. The number of carbonyl (C=O) groups is 1. The molecular formula is C9H10BrNO3. The van der Waals surface area contributed by atoms with Gasteiger partial charge in [-0.15, -0.1) is 0 Å². The average molecular weight is 260 g/mol. The van der Waals surface area contributed by atoms with Crippen molar-refractivity contribution < 1.29 is 13.9 Å². The normalized spacial score (nSPS) is 22.2. The minimum absolute atomic E-state index is 0.117. The Morgan fingerprint density at radius 1 is 1.64 bits per heavy atom. The summed E-state index contributed by atoms with van der Waals surface area (Å²) in [5.74, 6) is 0.216. The molecule has 1 fully saturated rings. The zero-order chi connectivity index (χ0) is 9.97. The van der Waals surface area contributed by atoms with Gasteiger partial charge in [-0.1, -0.05) is 0 Å². The number of furan rings is 1. The SMILES string of the molecule is O=C(c1occc1Br)C1CNCCO1. The van der Waals surface area contributed by atoms with Crippen LogP contribution in [-0.4, -0.2) is 31.6 Å². The van der Waals surface area contributed by atoms with Crippen LogP contribution in [0.4, 0.5) is 0 Å². The molecule has 0 amide bonds. The second-order valence-corrected chi connectivity index (χ2v) is 3.88. The summed E-state index contributed by atoms with van der Waals surface area (Å²) in [6.45, 7) is 1.91. The van der Waals surface area contributed by atoms with E-state index in [0.717, 1.165) is 6.54 Å². The summed E-state index contributed by atoms with van der Waals surface area (Å²) in [6, 6.07) is 1.70. The van der Waals surface area contributed by atoms with Gasteiger partial charge in [0.05, 0.1) is 17.3 Å². The first-order valence-corrected chi connectivity index (χ1v) is 5.18. The van der Waals surface area contributed by atoms with Crippen LogP contribution in [0.5, 0.6) is 0 Å². The highest BCUT2D eigenvalue weighted by Crippen LogP contribution is 2.20. The van der Waals surface area contributed by atoms with Gasteiger partial charge in [0.1, 0.15) is 6.10 Å². The van der Waals surface area contributed by atoms with Crippen molar-refractivity contribution >= 4 is 21.7 Å². The predicted molar refractivity (Wildman–Crippen MR) is 53.3 cm³/mol. The number of carbonyl (C=O) groups excluding carboxylic acids is 1. The molecule has 0 aliphatic carbocycles. The van der Waals surface area contributed by atoms with Crippen LogP contribution in [-0.2, 0) is 4.74 Å². The van der Waals surface area contributed by atoms with Crippen LogP contribution in [0.25, 0.3) is 0 Å². The van der Waals surface area contributed by atoms with E-state index in [0.29, 0.717) is 23.4 Å². The lowest BCUT2D eigenvalue weighted by Crippen LogP contribution is -2.43. The number of rotatable bonds is 2. The number of morpholine rings is 1. The first-order valence-electron chi connectivity index (χ1n) is 4.38. The lowest BCUT2D eigenvalue weighted by Gasteiger charge is -2.21. The van der Waals surface area contributed by atoms with E-state index in [1.807, 2.05) is 0 Å². The molecule has 0 spiro atoms. The standard InChI is InChI=1S/C9H10BrNO3/c10-6-1-3-14-9(6)8(12)7-5-11-2-4-13-7/h1,3,7,11H,2,4-5H2. The van der Waals surface area contributed by atoms with Crippen molar-refractivity contribution in [2.75, 3.05) is 19.7 Å². The number of hydrogen-bond donors (Lipinski definition) is 1. The molecule has 1 aliphatic heterocycles. The van der Waals surface area contributed by atoms with Gasteiger partial charge in [0.25, 0.3) is 0 Å². The number of Topliss-reactive ketones (excluding diaryl/α,β-unsaturated/α-hetero) is 1. The Labute approximate surface area is 89.7 Å². The van der Waals surface area contributed by atoms with Crippen molar-refractivity contribution in [3.05, 3.63) is 22.6 Å². The van der Waals surface area contributed by atoms with Gasteiger partial charge >= 0.3 is 0 Å². The van der Waals surface area contributed by atoms with Gasteiger partial charge in [0, 0.05) is 13.1 Å². The zero-order valence-corrected chi connectivity index (χ0v) is 9.04. The molecule has 14 heavy (non-hydrogen) atoms. The van der Waals surface area contributed by atoms with Gasteiger partial charge in [0.15, 0.2) is 5.76 Å². The van der Waals surface area contributed by atoms with E-state index in [2.05, 4.69) is 21.2 Å². The summed E-state index contributed by atoms with van der Waals surface area (Å²) in [5.41, 5.74) is 0. The van der Waals surface area contributed by atoms with Crippen molar-refractivity contribution in [2.24, 2.45) is 0 Å². The molecule has 0 saturated carbocycles. The third kappa shape index (κ3) is 1.89. The Bertz CT molecular complexity index is 331. The van der Waals surface area contributed by atoms with Crippen molar-refractivity contribution in [1.82, 2.24) is 5.32 Å². The Hall–Kier alpha value is -0.650. The maximum absolute atomic E-state index is 11.8. The van der Waals surface area contributed by atoms with Crippen molar-refractivity contribution in [2.45, 2.75) is 6.10 Å². The van der Waals surface area contributed by atoms with Crippen molar-refractivity contribution in [3.63, 3.8) is 0 Å². The Morgan fingerprint density at radius 3 is 3.07 bits per heavy atom. The first kappa shape index (κ1) is 9.89. The number of ether oxygens (including phenoxy) is 1. The quantitative estimate of drug-likeness (QED) is 0.812. The third-order valence-electron chi connectivity index (χ3n) is 2.06. The molecule has 4 nitrogen and oxygen atoms in total. The molecule has 1 aromatic rings. The summed E-state index contributed by atoms with van der Waals surface area (Å²) in [5, 5.41) is 3.09. The molecule has 5 heteroatoms. The summed E-state index contributed by atoms with van der Waals surface area (Å²) in [7, 11) is 0. The minimum Gasteiger partial charge on any atom is -0.460 e. The van der Waals surface area contributed by atoms with E-state index in [1.165, 1.54) is 6.26 Å². The van der Waals surface area contributed by atoms with E-state index in [9.17, 15) is 4.79 Å². The molecule has 0 bridgehead atoms. The lowest BCUT2D eigenvalue weighted by atomic mass is 10.1. The number of ketones is 1. The molecule has 1 unspecified atom stereocenters. The van der Waals surface area contributed by atoms with Crippen LogP contribution >= 0.6 is 15.9 Å². The molecule has 0 radical (unpaired) electrons. The second-order valence-electron chi connectivity index (χ2n) is 3.03. The largest absolute Gasteiger partial charge is 0.460 e. The van der Waals surface area contributed by atoms with Gasteiger partial charge in [0.2, 0.25) is 5.78 Å². The molecule has 1 atom stereocenters.